The highest BCUT2D eigenvalue weighted by Crippen LogP contribution is 2.19. The summed E-state index contributed by atoms with van der Waals surface area (Å²) in [4.78, 5) is 5.25. The molecular weight excluding hydrogens is 210 g/mol. The molecule has 2 saturated heterocycles. The van der Waals surface area contributed by atoms with E-state index in [1.165, 1.54) is 52.1 Å². The van der Waals surface area contributed by atoms with Gasteiger partial charge in [0.25, 0.3) is 0 Å². The Balaban J connectivity index is 1.81. The van der Waals surface area contributed by atoms with Crippen LogP contribution >= 0.6 is 0 Å². The van der Waals surface area contributed by atoms with Crippen LogP contribution in [0.5, 0.6) is 0 Å². The third-order valence-corrected chi connectivity index (χ3v) is 4.53. The average Bonchev–Trinajstić information content (AvgIpc) is 2.32. The monoisotopic (exact) mass is 239 g/mol. The molecule has 17 heavy (non-hydrogen) atoms. The first-order valence-electron chi connectivity index (χ1n) is 7.30. The third-order valence-electron chi connectivity index (χ3n) is 4.53. The minimum absolute atomic E-state index is 0.755. The Morgan fingerprint density at radius 2 is 1.88 bits per heavy atom. The first-order chi connectivity index (χ1) is 8.16. The molecule has 1 N–H and O–H groups in total. The molecule has 2 aliphatic heterocycles. The second-order valence-corrected chi connectivity index (χ2v) is 6.24. The number of piperidine rings is 1. The average molecular weight is 239 g/mol. The van der Waals surface area contributed by atoms with Crippen LogP contribution < -0.4 is 5.32 Å². The smallest absolute Gasteiger partial charge is 0.0243 e. The van der Waals surface area contributed by atoms with Gasteiger partial charge in [-0.1, -0.05) is 13.8 Å². The van der Waals surface area contributed by atoms with Gasteiger partial charge in [0.1, 0.15) is 0 Å². The van der Waals surface area contributed by atoms with Gasteiger partial charge >= 0.3 is 0 Å². The maximum Gasteiger partial charge on any atom is 0.0243 e. The van der Waals surface area contributed by atoms with Crippen molar-refractivity contribution < 1.29 is 0 Å². The summed E-state index contributed by atoms with van der Waals surface area (Å²) in [7, 11) is 2.28. The van der Waals surface area contributed by atoms with Gasteiger partial charge in [0.15, 0.2) is 0 Å². The van der Waals surface area contributed by atoms with E-state index in [9.17, 15) is 0 Å². The van der Waals surface area contributed by atoms with E-state index in [4.69, 9.17) is 0 Å². The molecule has 3 heteroatoms. The normalized spacial score (nSPS) is 30.0. The summed E-state index contributed by atoms with van der Waals surface area (Å²) in [5.74, 6) is 1.71. The molecule has 0 bridgehead atoms. The van der Waals surface area contributed by atoms with Gasteiger partial charge in [0.05, 0.1) is 0 Å². The lowest BCUT2D eigenvalue weighted by Gasteiger charge is -2.43. The molecule has 0 aromatic carbocycles. The molecule has 2 aliphatic rings. The number of nitrogens with zero attached hydrogens (tertiary/aromatic N) is 2. The van der Waals surface area contributed by atoms with Crippen molar-refractivity contribution in [2.45, 2.75) is 32.7 Å². The molecule has 0 aliphatic carbocycles. The molecule has 0 amide bonds. The minimum atomic E-state index is 0.755. The second-order valence-electron chi connectivity index (χ2n) is 6.24. The van der Waals surface area contributed by atoms with Crippen LogP contribution in [0.3, 0.4) is 0 Å². The van der Waals surface area contributed by atoms with Crippen LogP contribution in [0.2, 0.25) is 0 Å². The van der Waals surface area contributed by atoms with Gasteiger partial charge in [-0.2, -0.15) is 0 Å². The van der Waals surface area contributed by atoms with E-state index in [1.807, 2.05) is 0 Å². The van der Waals surface area contributed by atoms with Crippen molar-refractivity contribution in [1.82, 2.24) is 15.1 Å². The Kier molecular flexibility index (Phi) is 4.83. The molecule has 2 rings (SSSR count). The molecular formula is C14H29N3. The van der Waals surface area contributed by atoms with E-state index in [1.54, 1.807) is 0 Å². The van der Waals surface area contributed by atoms with Crippen LogP contribution in [-0.4, -0.2) is 62.2 Å². The van der Waals surface area contributed by atoms with Crippen LogP contribution in [-0.2, 0) is 0 Å². The zero-order valence-electron chi connectivity index (χ0n) is 11.8. The number of piperazine rings is 1. The SMILES string of the molecule is CC(C)C1CN(CC2CCNCC2)CCN1C. The molecule has 1 atom stereocenters. The highest BCUT2D eigenvalue weighted by molar-refractivity contribution is 4.84. The molecule has 100 valence electrons. The highest BCUT2D eigenvalue weighted by Gasteiger charge is 2.28. The molecule has 2 heterocycles. The van der Waals surface area contributed by atoms with Crippen molar-refractivity contribution in [3.8, 4) is 0 Å². The molecule has 0 aromatic rings. The zero-order valence-corrected chi connectivity index (χ0v) is 11.8. The third kappa shape index (κ3) is 3.67. The van der Waals surface area contributed by atoms with Gasteiger partial charge in [-0.15, -0.1) is 0 Å². The van der Waals surface area contributed by atoms with E-state index >= 15 is 0 Å². The predicted octanol–water partition coefficient (Wildman–Crippen LogP) is 1.26. The van der Waals surface area contributed by atoms with E-state index in [2.05, 4.69) is 36.0 Å². The number of likely N-dealkylation sites (N-methyl/N-ethyl adjacent to an activating group) is 1. The molecule has 0 radical (unpaired) electrons. The molecule has 3 nitrogen and oxygen atoms in total. The van der Waals surface area contributed by atoms with E-state index in [-0.39, 0.29) is 0 Å². The quantitative estimate of drug-likeness (QED) is 0.800. The highest BCUT2D eigenvalue weighted by atomic mass is 15.3. The van der Waals surface area contributed by atoms with E-state index < -0.39 is 0 Å². The summed E-state index contributed by atoms with van der Waals surface area (Å²) < 4.78 is 0. The summed E-state index contributed by atoms with van der Waals surface area (Å²) in [5.41, 5.74) is 0. The Bertz CT molecular complexity index is 224. The van der Waals surface area contributed by atoms with Crippen molar-refractivity contribution in [2.24, 2.45) is 11.8 Å². The van der Waals surface area contributed by atoms with Crippen LogP contribution in [0.1, 0.15) is 26.7 Å². The Hall–Kier alpha value is -0.120. The maximum atomic E-state index is 3.46. The molecule has 0 spiro atoms. The van der Waals surface area contributed by atoms with Gasteiger partial charge < -0.3 is 15.1 Å². The second kappa shape index (κ2) is 6.17. The molecule has 1 unspecified atom stereocenters. The molecule has 0 saturated carbocycles. The fraction of sp³-hybridized carbons (Fsp3) is 1.00. The molecule has 0 aromatic heterocycles. The Morgan fingerprint density at radius 3 is 2.53 bits per heavy atom. The number of nitrogens with one attached hydrogen (secondary N) is 1. The fourth-order valence-corrected chi connectivity index (χ4v) is 3.28. The van der Waals surface area contributed by atoms with Gasteiger partial charge in [-0.25, -0.2) is 0 Å². The van der Waals surface area contributed by atoms with Crippen LogP contribution in [0.4, 0.5) is 0 Å². The van der Waals surface area contributed by atoms with Crippen molar-refractivity contribution in [1.29, 1.82) is 0 Å². The van der Waals surface area contributed by atoms with Crippen LogP contribution in [0, 0.1) is 11.8 Å². The first kappa shape index (κ1) is 13.3. The van der Waals surface area contributed by atoms with Crippen molar-refractivity contribution in [3.63, 3.8) is 0 Å². The van der Waals surface area contributed by atoms with E-state index in [0.717, 1.165) is 17.9 Å². The largest absolute Gasteiger partial charge is 0.317 e. The summed E-state index contributed by atoms with van der Waals surface area (Å²) in [6, 6.07) is 0.755. The van der Waals surface area contributed by atoms with Crippen molar-refractivity contribution in [3.05, 3.63) is 0 Å². The number of hydrogen-bond donors (Lipinski definition) is 1. The lowest BCUT2D eigenvalue weighted by molar-refractivity contribution is 0.0571. The standard InChI is InChI=1S/C14H29N3/c1-12(2)14-11-17(9-8-16(14)3)10-13-4-6-15-7-5-13/h12-15H,4-11H2,1-3H3. The molecule has 2 fully saturated rings. The van der Waals surface area contributed by atoms with Gasteiger partial charge in [0.2, 0.25) is 0 Å². The fourth-order valence-electron chi connectivity index (χ4n) is 3.28. The van der Waals surface area contributed by atoms with Crippen LogP contribution in [0.25, 0.3) is 0 Å². The number of hydrogen-bond acceptors (Lipinski definition) is 3. The van der Waals surface area contributed by atoms with E-state index in [0.29, 0.717) is 0 Å². The lowest BCUT2D eigenvalue weighted by atomic mass is 9.95. The van der Waals surface area contributed by atoms with Gasteiger partial charge in [-0.05, 0) is 44.8 Å². The van der Waals surface area contributed by atoms with Crippen LogP contribution in [0.15, 0.2) is 0 Å². The summed E-state index contributed by atoms with van der Waals surface area (Å²) in [5, 5.41) is 3.46. The minimum Gasteiger partial charge on any atom is -0.317 e. The lowest BCUT2D eigenvalue weighted by Crippen LogP contribution is -2.54. The van der Waals surface area contributed by atoms with Crippen molar-refractivity contribution >= 4 is 0 Å². The zero-order chi connectivity index (χ0) is 12.3. The van der Waals surface area contributed by atoms with Gasteiger partial charge in [0, 0.05) is 32.2 Å². The Labute approximate surface area is 107 Å². The summed E-state index contributed by atoms with van der Waals surface area (Å²) in [6.45, 7) is 12.3. The van der Waals surface area contributed by atoms with Crippen molar-refractivity contribution in [2.75, 3.05) is 46.3 Å². The number of rotatable bonds is 3. The predicted molar refractivity (Wildman–Crippen MR) is 73.3 cm³/mol. The van der Waals surface area contributed by atoms with Gasteiger partial charge in [-0.3, -0.25) is 0 Å². The Morgan fingerprint density at radius 1 is 1.18 bits per heavy atom. The maximum absolute atomic E-state index is 3.46. The first-order valence-corrected chi connectivity index (χ1v) is 7.30. The topological polar surface area (TPSA) is 18.5 Å². The summed E-state index contributed by atoms with van der Waals surface area (Å²) >= 11 is 0. The summed E-state index contributed by atoms with van der Waals surface area (Å²) in [6.07, 6.45) is 2.75.